The first-order valence-electron chi connectivity index (χ1n) is 12.4. The molecule has 2 aliphatic rings. The largest absolute Gasteiger partial charge is 0.443 e. The molecule has 9 heteroatoms. The second-order valence-corrected chi connectivity index (χ2v) is 11.6. The first kappa shape index (κ1) is 25.0. The molecule has 190 valence electrons. The topological polar surface area (TPSA) is 98.6 Å². The summed E-state index contributed by atoms with van der Waals surface area (Å²) in [6.07, 6.45) is 6.42. The number of ether oxygens (including phenoxy) is 2. The molecule has 0 bridgehead atoms. The highest BCUT2D eigenvalue weighted by Gasteiger charge is 2.39. The average Bonchev–Trinajstić information content (AvgIpc) is 3.46. The maximum atomic E-state index is 12.8. The lowest BCUT2D eigenvalue weighted by Gasteiger charge is -2.38. The van der Waals surface area contributed by atoms with Crippen molar-refractivity contribution < 1.29 is 19.1 Å². The summed E-state index contributed by atoms with van der Waals surface area (Å²) in [5, 5.41) is 8.31. The van der Waals surface area contributed by atoms with Gasteiger partial charge < -0.3 is 14.8 Å². The fraction of sp³-hybridized carbons (Fsp3) is 0.615. The quantitative estimate of drug-likeness (QED) is 0.536. The second kappa shape index (κ2) is 9.51. The van der Waals surface area contributed by atoms with Crippen LogP contribution in [0.4, 0.5) is 21.1 Å². The van der Waals surface area contributed by atoms with E-state index in [1.807, 2.05) is 22.9 Å². The van der Waals surface area contributed by atoms with E-state index in [2.05, 4.69) is 16.5 Å². The molecule has 35 heavy (non-hydrogen) atoms. The number of rotatable bonds is 6. The van der Waals surface area contributed by atoms with Crippen LogP contribution in [-0.2, 0) is 9.47 Å². The van der Waals surface area contributed by atoms with Crippen LogP contribution in [0, 0.1) is 5.92 Å². The summed E-state index contributed by atoms with van der Waals surface area (Å²) in [6, 6.07) is 6.00. The molecule has 0 radical (unpaired) electrons. The summed E-state index contributed by atoms with van der Waals surface area (Å²) >= 11 is 0. The first-order chi connectivity index (χ1) is 16.4. The van der Waals surface area contributed by atoms with E-state index in [4.69, 9.17) is 14.6 Å². The van der Waals surface area contributed by atoms with Crippen LogP contribution in [-0.4, -0.2) is 49.6 Å². The Balaban J connectivity index is 1.41. The van der Waals surface area contributed by atoms with E-state index in [-0.39, 0.29) is 18.5 Å². The summed E-state index contributed by atoms with van der Waals surface area (Å²) in [5.74, 6) is 1.44. The Morgan fingerprint density at radius 3 is 2.20 bits per heavy atom. The minimum absolute atomic E-state index is 0.154. The van der Waals surface area contributed by atoms with Crippen molar-refractivity contribution in [3.8, 4) is 0 Å². The molecule has 4 rings (SSSR count). The summed E-state index contributed by atoms with van der Waals surface area (Å²) < 4.78 is 13.0. The molecule has 2 saturated carbocycles. The number of carbonyl (C=O) groups is 2. The van der Waals surface area contributed by atoms with E-state index in [1.165, 1.54) is 0 Å². The van der Waals surface area contributed by atoms with Gasteiger partial charge in [-0.1, -0.05) is 6.07 Å². The lowest BCUT2D eigenvalue weighted by Crippen LogP contribution is -2.47. The Bertz CT molecular complexity index is 1020. The SMILES string of the molecule is CC(C)(C)OC(=O)N(CC1CC(n2cc(Nc3ccccn3)c(C3CC3)n2)C1)C(=O)OC(C)(C)C. The van der Waals surface area contributed by atoms with Crippen LogP contribution in [0.3, 0.4) is 0 Å². The number of nitrogens with zero attached hydrogens (tertiary/aromatic N) is 4. The predicted octanol–water partition coefficient (Wildman–Crippen LogP) is 6.02. The summed E-state index contributed by atoms with van der Waals surface area (Å²) in [7, 11) is 0. The van der Waals surface area contributed by atoms with E-state index >= 15 is 0 Å². The molecule has 0 unspecified atom stereocenters. The normalized spacial score (nSPS) is 20.1. The van der Waals surface area contributed by atoms with Gasteiger partial charge in [0.25, 0.3) is 0 Å². The maximum Gasteiger partial charge on any atom is 0.419 e. The Kier molecular flexibility index (Phi) is 6.79. The minimum atomic E-state index is -0.704. The lowest BCUT2D eigenvalue weighted by atomic mass is 9.80. The Morgan fingerprint density at radius 1 is 1.06 bits per heavy atom. The van der Waals surface area contributed by atoms with Gasteiger partial charge in [0.2, 0.25) is 0 Å². The third-order valence-electron chi connectivity index (χ3n) is 5.91. The third kappa shape index (κ3) is 6.74. The fourth-order valence-corrected chi connectivity index (χ4v) is 4.10. The van der Waals surface area contributed by atoms with Crippen LogP contribution < -0.4 is 5.32 Å². The highest BCUT2D eigenvalue weighted by atomic mass is 16.6. The summed E-state index contributed by atoms with van der Waals surface area (Å²) in [5.41, 5.74) is 0.678. The zero-order valence-corrected chi connectivity index (χ0v) is 21.6. The molecule has 1 N–H and O–H groups in total. The van der Waals surface area contributed by atoms with Crippen molar-refractivity contribution in [3.05, 3.63) is 36.3 Å². The van der Waals surface area contributed by atoms with Crippen LogP contribution >= 0.6 is 0 Å². The molecule has 2 aromatic heterocycles. The molecule has 0 atom stereocenters. The molecule has 2 fully saturated rings. The number of hydrogen-bond acceptors (Lipinski definition) is 7. The number of nitrogens with one attached hydrogen (secondary N) is 1. The molecule has 2 aromatic rings. The fourth-order valence-electron chi connectivity index (χ4n) is 4.10. The van der Waals surface area contributed by atoms with Gasteiger partial charge in [-0.2, -0.15) is 5.10 Å². The van der Waals surface area contributed by atoms with Crippen molar-refractivity contribution in [3.63, 3.8) is 0 Å². The van der Waals surface area contributed by atoms with Gasteiger partial charge in [0.1, 0.15) is 17.0 Å². The van der Waals surface area contributed by atoms with E-state index in [1.54, 1.807) is 47.7 Å². The molecule has 2 heterocycles. The number of carbonyl (C=O) groups excluding carboxylic acids is 2. The zero-order valence-electron chi connectivity index (χ0n) is 21.6. The standard InChI is InChI=1S/C26H37N5O4/c1-25(2,3)34-23(32)30(24(33)35-26(4,5)6)15-17-13-19(14-17)31-16-20(22(29-31)18-10-11-18)28-21-9-7-8-12-27-21/h7-9,12,16-19H,10-11,13-15H2,1-6H3,(H,27,28). The lowest BCUT2D eigenvalue weighted by molar-refractivity contribution is -0.00641. The number of amides is 2. The predicted molar refractivity (Wildman–Crippen MR) is 133 cm³/mol. The molecule has 0 spiro atoms. The van der Waals surface area contributed by atoms with Crippen LogP contribution in [0.2, 0.25) is 0 Å². The highest BCUT2D eigenvalue weighted by Crippen LogP contribution is 2.45. The van der Waals surface area contributed by atoms with E-state index in [9.17, 15) is 9.59 Å². The third-order valence-corrected chi connectivity index (χ3v) is 5.91. The van der Waals surface area contributed by atoms with Crippen LogP contribution in [0.5, 0.6) is 0 Å². The van der Waals surface area contributed by atoms with Crippen molar-refractivity contribution in [1.29, 1.82) is 0 Å². The zero-order chi connectivity index (χ0) is 25.4. The smallest absolute Gasteiger partial charge is 0.419 e. The number of imide groups is 1. The van der Waals surface area contributed by atoms with Gasteiger partial charge in [-0.25, -0.2) is 19.5 Å². The molecule has 2 amide bonds. The molecule has 9 nitrogen and oxygen atoms in total. The summed E-state index contributed by atoms with van der Waals surface area (Å²) in [4.78, 5) is 31.0. The maximum absolute atomic E-state index is 12.8. The molecular weight excluding hydrogens is 446 g/mol. The van der Waals surface area contributed by atoms with Crippen molar-refractivity contribution in [2.75, 3.05) is 11.9 Å². The molecule has 0 aromatic carbocycles. The number of aromatic nitrogens is 3. The molecule has 0 saturated heterocycles. The molecular formula is C26H37N5O4. The highest BCUT2D eigenvalue weighted by molar-refractivity contribution is 5.88. The second-order valence-electron chi connectivity index (χ2n) is 11.6. The van der Waals surface area contributed by atoms with E-state index < -0.39 is 23.4 Å². The molecule has 2 aliphatic carbocycles. The monoisotopic (exact) mass is 483 g/mol. The van der Waals surface area contributed by atoms with Crippen molar-refractivity contribution in [2.24, 2.45) is 5.92 Å². The average molecular weight is 484 g/mol. The van der Waals surface area contributed by atoms with Crippen LogP contribution in [0.15, 0.2) is 30.6 Å². The van der Waals surface area contributed by atoms with Gasteiger partial charge in [0, 0.05) is 24.9 Å². The van der Waals surface area contributed by atoms with E-state index in [0.29, 0.717) is 5.92 Å². The van der Waals surface area contributed by atoms with Gasteiger partial charge in [0.15, 0.2) is 0 Å². The van der Waals surface area contributed by atoms with Gasteiger partial charge in [-0.15, -0.1) is 0 Å². The summed E-state index contributed by atoms with van der Waals surface area (Å²) in [6.45, 7) is 10.9. The number of anilines is 2. The number of hydrogen-bond donors (Lipinski definition) is 1. The van der Waals surface area contributed by atoms with Gasteiger partial charge >= 0.3 is 12.2 Å². The van der Waals surface area contributed by atoms with Gasteiger partial charge in [-0.3, -0.25) is 4.68 Å². The Morgan fingerprint density at radius 2 is 1.69 bits per heavy atom. The Hall–Kier alpha value is -3.10. The first-order valence-corrected chi connectivity index (χ1v) is 12.4. The Labute approximate surface area is 207 Å². The molecule has 0 aliphatic heterocycles. The van der Waals surface area contributed by atoms with Gasteiger partial charge in [0.05, 0.1) is 17.4 Å². The van der Waals surface area contributed by atoms with Crippen molar-refractivity contribution in [1.82, 2.24) is 19.7 Å². The van der Waals surface area contributed by atoms with E-state index in [0.717, 1.165) is 47.8 Å². The van der Waals surface area contributed by atoms with Crippen molar-refractivity contribution in [2.45, 2.75) is 90.4 Å². The number of pyridine rings is 1. The minimum Gasteiger partial charge on any atom is -0.443 e. The van der Waals surface area contributed by atoms with Crippen LogP contribution in [0.1, 0.15) is 84.9 Å². The van der Waals surface area contributed by atoms with Crippen LogP contribution in [0.25, 0.3) is 0 Å². The van der Waals surface area contributed by atoms with Crippen molar-refractivity contribution >= 4 is 23.7 Å². The van der Waals surface area contributed by atoms with Gasteiger partial charge in [-0.05, 0) is 85.3 Å².